The fourth-order valence-electron chi connectivity index (χ4n) is 3.39. The van der Waals surface area contributed by atoms with Gasteiger partial charge in [-0.15, -0.1) is 0 Å². The molecule has 0 amide bonds. The molecule has 7 nitrogen and oxygen atoms in total. The van der Waals surface area contributed by atoms with E-state index < -0.39 is 18.2 Å². The zero-order valence-electron chi connectivity index (χ0n) is 17.1. The van der Waals surface area contributed by atoms with Crippen LogP contribution in [0.5, 0.6) is 0 Å². The fraction of sp³-hybridized carbons (Fsp3) is 0.182. The van der Waals surface area contributed by atoms with Crippen molar-refractivity contribution in [3.63, 3.8) is 0 Å². The van der Waals surface area contributed by atoms with Crippen LogP contribution in [0.2, 0.25) is 0 Å². The maximum Gasteiger partial charge on any atom is 0.430 e. The third-order valence-electron chi connectivity index (χ3n) is 4.85. The van der Waals surface area contributed by atoms with Crippen molar-refractivity contribution >= 4 is 5.97 Å². The predicted octanol–water partition coefficient (Wildman–Crippen LogP) is 4.53. The van der Waals surface area contributed by atoms with Crippen molar-refractivity contribution in [2.24, 2.45) is 0 Å². The summed E-state index contributed by atoms with van der Waals surface area (Å²) in [6.07, 6.45) is -2.90. The number of carbonyl (C=O) groups is 1. The van der Waals surface area contributed by atoms with E-state index in [9.17, 15) is 18.0 Å². The highest BCUT2D eigenvalue weighted by molar-refractivity contribution is 5.90. The van der Waals surface area contributed by atoms with Gasteiger partial charge < -0.3 is 4.74 Å². The van der Waals surface area contributed by atoms with Crippen LogP contribution in [-0.2, 0) is 4.74 Å². The van der Waals surface area contributed by atoms with Crippen molar-refractivity contribution < 1.29 is 22.7 Å². The van der Waals surface area contributed by atoms with Crippen molar-refractivity contribution in [3.8, 4) is 11.5 Å². The van der Waals surface area contributed by atoms with Crippen LogP contribution >= 0.6 is 0 Å². The molecule has 1 atom stereocenters. The molecule has 0 spiro atoms. The monoisotopic (exact) mass is 441 g/mol. The SMILES string of the molecule is Cc1nn(-c2ccccc2)c(C)c1C(OC(=O)c1ccnc(-n2cccn2)c1)C(F)(F)F. The summed E-state index contributed by atoms with van der Waals surface area (Å²) in [6.45, 7) is 2.97. The number of aromatic nitrogens is 5. The Bertz CT molecular complexity index is 1230. The number of benzene rings is 1. The molecule has 32 heavy (non-hydrogen) atoms. The number of hydrogen-bond donors (Lipinski definition) is 0. The van der Waals surface area contributed by atoms with E-state index in [0.717, 1.165) is 0 Å². The highest BCUT2D eigenvalue weighted by Gasteiger charge is 2.47. The van der Waals surface area contributed by atoms with Crippen molar-refractivity contribution in [3.05, 3.63) is 89.6 Å². The average molecular weight is 441 g/mol. The summed E-state index contributed by atoms with van der Waals surface area (Å²) >= 11 is 0. The average Bonchev–Trinajstić information content (AvgIpc) is 3.41. The number of pyridine rings is 1. The first-order chi connectivity index (χ1) is 15.3. The zero-order chi connectivity index (χ0) is 22.9. The molecule has 0 saturated heterocycles. The molecule has 0 aliphatic heterocycles. The molecule has 164 valence electrons. The van der Waals surface area contributed by atoms with Gasteiger partial charge in [0, 0.05) is 29.8 Å². The number of para-hydroxylation sites is 1. The van der Waals surface area contributed by atoms with Gasteiger partial charge in [-0.25, -0.2) is 19.1 Å². The minimum atomic E-state index is -4.84. The van der Waals surface area contributed by atoms with Gasteiger partial charge in [-0.2, -0.15) is 23.4 Å². The maximum atomic E-state index is 14.0. The Labute approximate surface area is 181 Å². The Morgan fingerprint density at radius 3 is 2.47 bits per heavy atom. The largest absolute Gasteiger partial charge is 0.444 e. The van der Waals surface area contributed by atoms with Gasteiger partial charge in [0.25, 0.3) is 0 Å². The molecule has 0 aliphatic rings. The minimum absolute atomic E-state index is 0.0782. The summed E-state index contributed by atoms with van der Waals surface area (Å²) in [4.78, 5) is 16.8. The van der Waals surface area contributed by atoms with Gasteiger partial charge in [0.15, 0.2) is 5.82 Å². The van der Waals surface area contributed by atoms with Crippen molar-refractivity contribution in [2.75, 3.05) is 0 Å². The topological polar surface area (TPSA) is 74.8 Å². The smallest absolute Gasteiger partial charge is 0.430 e. The molecule has 3 aromatic heterocycles. The van der Waals surface area contributed by atoms with Gasteiger partial charge >= 0.3 is 12.1 Å². The van der Waals surface area contributed by atoms with E-state index >= 15 is 0 Å². The quantitative estimate of drug-likeness (QED) is 0.426. The summed E-state index contributed by atoms with van der Waals surface area (Å²) in [6, 6.07) is 13.0. The first-order valence-electron chi connectivity index (χ1n) is 9.61. The van der Waals surface area contributed by atoms with Gasteiger partial charge in [-0.05, 0) is 44.2 Å². The van der Waals surface area contributed by atoms with Crippen LogP contribution in [0.3, 0.4) is 0 Å². The second kappa shape index (κ2) is 8.29. The van der Waals surface area contributed by atoms with Gasteiger partial charge in [-0.3, -0.25) is 0 Å². The van der Waals surface area contributed by atoms with E-state index in [4.69, 9.17) is 4.74 Å². The predicted molar refractivity (Wildman–Crippen MR) is 109 cm³/mol. The first-order valence-corrected chi connectivity index (χ1v) is 9.61. The molecule has 1 aromatic carbocycles. The third kappa shape index (κ3) is 4.11. The molecule has 0 bridgehead atoms. The summed E-state index contributed by atoms with van der Waals surface area (Å²) < 4.78 is 49.8. The number of esters is 1. The van der Waals surface area contributed by atoms with E-state index in [1.807, 2.05) is 0 Å². The molecular formula is C22H18F3N5O2. The van der Waals surface area contributed by atoms with E-state index in [1.54, 1.807) is 42.6 Å². The molecule has 4 aromatic rings. The highest BCUT2D eigenvalue weighted by atomic mass is 19.4. The number of ether oxygens (including phenoxy) is 1. The van der Waals surface area contributed by atoms with E-state index in [1.165, 1.54) is 47.7 Å². The molecule has 10 heteroatoms. The standard InChI is InChI=1S/C22H18F3N5O2/c1-14-19(15(2)30(28-14)17-7-4-3-5-8-17)20(22(23,24)25)32-21(31)16-9-11-26-18(13-16)29-12-6-10-27-29/h3-13,20H,1-2H3. The summed E-state index contributed by atoms with van der Waals surface area (Å²) in [5, 5.41) is 8.25. The Balaban J connectivity index is 1.69. The number of aryl methyl sites for hydroxylation is 1. The number of halogens is 3. The number of alkyl halides is 3. The molecular weight excluding hydrogens is 423 g/mol. The van der Waals surface area contributed by atoms with E-state index in [0.29, 0.717) is 5.69 Å². The Morgan fingerprint density at radius 2 is 1.81 bits per heavy atom. The van der Waals surface area contributed by atoms with Crippen molar-refractivity contribution in [1.82, 2.24) is 24.5 Å². The van der Waals surface area contributed by atoms with Crippen LogP contribution < -0.4 is 0 Å². The molecule has 0 radical (unpaired) electrons. The maximum absolute atomic E-state index is 14.0. The van der Waals surface area contributed by atoms with Crippen molar-refractivity contribution in [1.29, 1.82) is 0 Å². The lowest BCUT2D eigenvalue weighted by molar-refractivity contribution is -0.207. The lowest BCUT2D eigenvalue weighted by atomic mass is 10.1. The lowest BCUT2D eigenvalue weighted by Gasteiger charge is -2.21. The number of nitrogens with zero attached hydrogens (tertiary/aromatic N) is 5. The Kier molecular flexibility index (Phi) is 5.52. The highest BCUT2D eigenvalue weighted by Crippen LogP contribution is 2.40. The summed E-state index contributed by atoms with van der Waals surface area (Å²) in [7, 11) is 0. The second-order valence-electron chi connectivity index (χ2n) is 7.01. The fourth-order valence-corrected chi connectivity index (χ4v) is 3.39. The van der Waals surface area contributed by atoms with Crippen LogP contribution in [-0.4, -0.2) is 36.7 Å². The van der Waals surface area contributed by atoms with Gasteiger partial charge in [-0.1, -0.05) is 18.2 Å². The first kappa shape index (κ1) is 21.3. The molecule has 0 saturated carbocycles. The molecule has 3 heterocycles. The Hall–Kier alpha value is -3.95. The number of hydrogen-bond acceptors (Lipinski definition) is 5. The third-order valence-corrected chi connectivity index (χ3v) is 4.85. The van der Waals surface area contributed by atoms with Crippen molar-refractivity contribution in [2.45, 2.75) is 26.1 Å². The van der Waals surface area contributed by atoms with Crippen LogP contribution in [0, 0.1) is 13.8 Å². The lowest BCUT2D eigenvalue weighted by Crippen LogP contribution is -2.27. The molecule has 4 rings (SSSR count). The van der Waals surface area contributed by atoms with Crippen LogP contribution in [0.4, 0.5) is 13.2 Å². The van der Waals surface area contributed by atoms with E-state index in [2.05, 4.69) is 15.2 Å². The van der Waals surface area contributed by atoms with Gasteiger partial charge in [0.05, 0.1) is 16.9 Å². The van der Waals surface area contributed by atoms with Crippen LogP contribution in [0.25, 0.3) is 11.5 Å². The number of carbonyl (C=O) groups excluding carboxylic acids is 1. The number of rotatable bonds is 5. The minimum Gasteiger partial charge on any atom is -0.444 e. The molecule has 1 unspecified atom stereocenters. The van der Waals surface area contributed by atoms with Gasteiger partial charge in [0.1, 0.15) is 0 Å². The zero-order valence-corrected chi connectivity index (χ0v) is 17.1. The molecule has 0 aliphatic carbocycles. The van der Waals surface area contributed by atoms with Crippen LogP contribution in [0.1, 0.15) is 33.4 Å². The molecule has 0 N–H and O–H groups in total. The van der Waals surface area contributed by atoms with Crippen LogP contribution in [0.15, 0.2) is 67.1 Å². The summed E-state index contributed by atoms with van der Waals surface area (Å²) in [5.41, 5.74) is 0.676. The van der Waals surface area contributed by atoms with E-state index in [-0.39, 0.29) is 28.3 Å². The molecule has 0 fully saturated rings. The Morgan fingerprint density at radius 1 is 1.06 bits per heavy atom. The normalized spacial score (nSPS) is 12.5. The second-order valence-corrected chi connectivity index (χ2v) is 7.01. The van der Waals surface area contributed by atoms with Gasteiger partial charge in [0.2, 0.25) is 6.10 Å². The summed E-state index contributed by atoms with van der Waals surface area (Å²) in [5.74, 6) is -0.855.